The molecule has 0 saturated heterocycles. The van der Waals surface area contributed by atoms with E-state index in [1.165, 1.54) is 23.3 Å². The highest BCUT2D eigenvalue weighted by molar-refractivity contribution is 7.99. The van der Waals surface area contributed by atoms with E-state index in [2.05, 4.69) is 24.3 Å². The number of thioether (sulfide) groups is 1. The van der Waals surface area contributed by atoms with E-state index in [9.17, 15) is 0 Å². The number of unbranched alkanes of at least 4 members (excludes halogenated alkanes) is 3. The van der Waals surface area contributed by atoms with Crippen LogP contribution in [-0.4, -0.2) is 17.5 Å². The smallest absolute Gasteiger partial charge is 0.0431 e. The Hall–Kier alpha value is -0.510. The Balaban J connectivity index is 2.12. The van der Waals surface area contributed by atoms with Crippen molar-refractivity contribution in [2.24, 2.45) is 5.73 Å². The summed E-state index contributed by atoms with van der Waals surface area (Å²) in [6, 6.07) is 8.46. The molecule has 0 spiro atoms. The monoisotopic (exact) mass is 239 g/mol. The molecule has 90 valence electrons. The van der Waals surface area contributed by atoms with Crippen LogP contribution in [0.4, 0.5) is 0 Å². The third-order valence-electron chi connectivity index (χ3n) is 2.48. The number of rotatable bonds is 8. The van der Waals surface area contributed by atoms with Gasteiger partial charge in [0, 0.05) is 18.0 Å². The highest BCUT2D eigenvalue weighted by Gasteiger charge is 1.95. The van der Waals surface area contributed by atoms with Crippen molar-refractivity contribution in [3.05, 3.63) is 29.8 Å². The van der Waals surface area contributed by atoms with Crippen molar-refractivity contribution in [3.8, 4) is 0 Å². The third kappa shape index (κ3) is 5.54. The van der Waals surface area contributed by atoms with Crippen molar-refractivity contribution in [3.63, 3.8) is 0 Å². The molecule has 1 rings (SSSR count). The van der Waals surface area contributed by atoms with Crippen LogP contribution in [0.2, 0.25) is 0 Å². The molecular weight excluding hydrogens is 218 g/mol. The minimum atomic E-state index is 0.327. The van der Waals surface area contributed by atoms with E-state index >= 15 is 0 Å². The van der Waals surface area contributed by atoms with E-state index < -0.39 is 0 Å². The molecular formula is C13H21NOS. The van der Waals surface area contributed by atoms with Gasteiger partial charge in [-0.1, -0.05) is 25.0 Å². The molecule has 1 aromatic carbocycles. The number of aliphatic hydroxyl groups is 1. The zero-order chi connectivity index (χ0) is 11.6. The van der Waals surface area contributed by atoms with Crippen molar-refractivity contribution >= 4 is 11.8 Å². The average molecular weight is 239 g/mol. The Kier molecular flexibility index (Phi) is 7.30. The fourth-order valence-corrected chi connectivity index (χ4v) is 2.39. The average Bonchev–Trinajstić information content (AvgIpc) is 2.34. The molecule has 2 nitrogen and oxygen atoms in total. The molecule has 0 fully saturated rings. The van der Waals surface area contributed by atoms with Gasteiger partial charge in [0.1, 0.15) is 0 Å². The van der Waals surface area contributed by atoms with Crippen LogP contribution in [0.1, 0.15) is 31.2 Å². The highest BCUT2D eigenvalue weighted by atomic mass is 32.2. The largest absolute Gasteiger partial charge is 0.396 e. The second kappa shape index (κ2) is 8.62. The van der Waals surface area contributed by atoms with Crippen LogP contribution >= 0.6 is 11.8 Å². The Morgan fingerprint density at radius 2 is 1.69 bits per heavy atom. The van der Waals surface area contributed by atoms with Crippen molar-refractivity contribution in [2.45, 2.75) is 37.1 Å². The maximum absolute atomic E-state index is 8.63. The molecule has 3 heteroatoms. The predicted molar refractivity (Wildman–Crippen MR) is 70.6 cm³/mol. The van der Waals surface area contributed by atoms with Crippen molar-refractivity contribution < 1.29 is 5.11 Å². The number of hydrogen-bond donors (Lipinski definition) is 2. The van der Waals surface area contributed by atoms with Gasteiger partial charge in [-0.15, -0.1) is 11.8 Å². The van der Waals surface area contributed by atoms with Crippen molar-refractivity contribution in [1.29, 1.82) is 0 Å². The molecule has 0 heterocycles. The molecule has 0 aliphatic carbocycles. The minimum absolute atomic E-state index is 0.327. The molecule has 0 bridgehead atoms. The van der Waals surface area contributed by atoms with Gasteiger partial charge in [0.05, 0.1) is 0 Å². The molecule has 0 unspecified atom stereocenters. The molecule has 16 heavy (non-hydrogen) atoms. The highest BCUT2D eigenvalue weighted by Crippen LogP contribution is 2.20. The maximum Gasteiger partial charge on any atom is 0.0431 e. The topological polar surface area (TPSA) is 46.2 Å². The van der Waals surface area contributed by atoms with Gasteiger partial charge in [0.15, 0.2) is 0 Å². The SMILES string of the molecule is NCc1ccc(SCCCCCCO)cc1. The molecule has 0 saturated carbocycles. The minimum Gasteiger partial charge on any atom is -0.396 e. The number of hydrogen-bond acceptors (Lipinski definition) is 3. The van der Waals surface area contributed by atoms with Crippen molar-refractivity contribution in [1.82, 2.24) is 0 Å². The summed E-state index contributed by atoms with van der Waals surface area (Å²) in [5.41, 5.74) is 6.73. The van der Waals surface area contributed by atoms with Crippen LogP contribution in [0.3, 0.4) is 0 Å². The molecule has 0 aromatic heterocycles. The number of aliphatic hydroxyl groups excluding tert-OH is 1. The lowest BCUT2D eigenvalue weighted by Crippen LogP contribution is -1.95. The van der Waals surface area contributed by atoms with Gasteiger partial charge in [-0.3, -0.25) is 0 Å². The van der Waals surface area contributed by atoms with Crippen LogP contribution in [0, 0.1) is 0 Å². The normalized spacial score (nSPS) is 10.6. The van der Waals surface area contributed by atoms with Crippen molar-refractivity contribution in [2.75, 3.05) is 12.4 Å². The van der Waals surface area contributed by atoms with Crippen LogP contribution in [-0.2, 0) is 6.54 Å². The van der Waals surface area contributed by atoms with Gasteiger partial charge in [-0.2, -0.15) is 0 Å². The Labute approximate surface area is 102 Å². The molecule has 0 radical (unpaired) electrons. The first-order valence-corrected chi connectivity index (χ1v) is 6.88. The summed E-state index contributed by atoms with van der Waals surface area (Å²) in [7, 11) is 0. The second-order valence-electron chi connectivity index (χ2n) is 3.83. The molecule has 3 N–H and O–H groups in total. The van der Waals surface area contributed by atoms with E-state index in [0.29, 0.717) is 13.2 Å². The van der Waals surface area contributed by atoms with E-state index in [0.717, 1.165) is 18.6 Å². The van der Waals surface area contributed by atoms with E-state index in [4.69, 9.17) is 10.8 Å². The summed E-state index contributed by atoms with van der Waals surface area (Å²) < 4.78 is 0. The lowest BCUT2D eigenvalue weighted by atomic mass is 10.2. The summed E-state index contributed by atoms with van der Waals surface area (Å²) in [5.74, 6) is 1.16. The first-order valence-electron chi connectivity index (χ1n) is 5.89. The standard InChI is InChI=1S/C13H21NOS/c14-11-12-5-7-13(8-6-12)16-10-4-2-1-3-9-15/h5-8,15H,1-4,9-11,14H2. The summed E-state index contributed by atoms with van der Waals surface area (Å²) in [6.45, 7) is 0.944. The molecule has 0 aliphatic rings. The lowest BCUT2D eigenvalue weighted by Gasteiger charge is -2.03. The van der Waals surface area contributed by atoms with E-state index in [-0.39, 0.29) is 0 Å². The van der Waals surface area contributed by atoms with Gasteiger partial charge in [0.2, 0.25) is 0 Å². The lowest BCUT2D eigenvalue weighted by molar-refractivity contribution is 0.283. The van der Waals surface area contributed by atoms with Gasteiger partial charge in [0.25, 0.3) is 0 Å². The fourth-order valence-electron chi connectivity index (χ4n) is 1.48. The molecule has 0 atom stereocenters. The Morgan fingerprint density at radius 3 is 2.31 bits per heavy atom. The fraction of sp³-hybridized carbons (Fsp3) is 0.538. The summed E-state index contributed by atoms with van der Waals surface area (Å²) in [5, 5.41) is 8.63. The summed E-state index contributed by atoms with van der Waals surface area (Å²) >= 11 is 1.89. The Bertz CT molecular complexity index is 274. The predicted octanol–water partition coefficient (Wildman–Crippen LogP) is 2.79. The third-order valence-corrected chi connectivity index (χ3v) is 3.58. The molecule has 1 aromatic rings. The van der Waals surface area contributed by atoms with Gasteiger partial charge in [-0.25, -0.2) is 0 Å². The molecule has 0 aliphatic heterocycles. The van der Waals surface area contributed by atoms with Gasteiger partial charge >= 0.3 is 0 Å². The number of benzene rings is 1. The summed E-state index contributed by atoms with van der Waals surface area (Å²) in [4.78, 5) is 1.32. The van der Waals surface area contributed by atoms with Crippen LogP contribution in [0.15, 0.2) is 29.2 Å². The molecule has 0 amide bonds. The maximum atomic E-state index is 8.63. The first kappa shape index (κ1) is 13.6. The first-order chi connectivity index (χ1) is 7.86. The van der Waals surface area contributed by atoms with Crippen LogP contribution in [0.5, 0.6) is 0 Å². The Morgan fingerprint density at radius 1 is 1.00 bits per heavy atom. The van der Waals surface area contributed by atoms with E-state index in [1.54, 1.807) is 0 Å². The van der Waals surface area contributed by atoms with Crippen LogP contribution < -0.4 is 5.73 Å². The van der Waals surface area contributed by atoms with E-state index in [1.807, 2.05) is 11.8 Å². The van der Waals surface area contributed by atoms with Crippen LogP contribution in [0.25, 0.3) is 0 Å². The zero-order valence-electron chi connectivity index (χ0n) is 9.69. The number of nitrogens with two attached hydrogens (primary N) is 1. The van der Waals surface area contributed by atoms with Gasteiger partial charge < -0.3 is 10.8 Å². The van der Waals surface area contributed by atoms with Gasteiger partial charge in [-0.05, 0) is 36.3 Å². The summed E-state index contributed by atoms with van der Waals surface area (Å²) in [6.07, 6.45) is 4.52. The zero-order valence-corrected chi connectivity index (χ0v) is 10.5. The quantitative estimate of drug-likeness (QED) is 0.541. The second-order valence-corrected chi connectivity index (χ2v) is 5.00.